The molecule has 1 aliphatic rings. The number of benzene rings is 3. The molecule has 5 aromatic rings. The second-order valence-corrected chi connectivity index (χ2v) is 11.8. The summed E-state index contributed by atoms with van der Waals surface area (Å²) in [5, 5.41) is 6.26. The second-order valence-electron chi connectivity index (χ2n) is 10.1. The third kappa shape index (κ3) is 6.11. The Hall–Kier alpha value is -5.21. The molecule has 4 N–H and O–H groups in total. The Morgan fingerprint density at radius 3 is 2.27 bits per heavy atom. The highest BCUT2D eigenvalue weighted by Gasteiger charge is 2.31. The molecule has 0 radical (unpaired) electrons. The van der Waals surface area contributed by atoms with Gasteiger partial charge in [0, 0.05) is 48.9 Å². The number of sulfonamides is 1. The molecule has 3 aromatic carbocycles. The summed E-state index contributed by atoms with van der Waals surface area (Å²) < 4.78 is 41.0. The summed E-state index contributed by atoms with van der Waals surface area (Å²) in [6.45, 7) is 1.31. The van der Waals surface area contributed by atoms with Crippen molar-refractivity contribution in [1.29, 1.82) is 0 Å². The lowest BCUT2D eigenvalue weighted by Gasteiger charge is -2.32. The van der Waals surface area contributed by atoms with E-state index in [4.69, 9.17) is 9.47 Å². The predicted molar refractivity (Wildman–Crippen MR) is 166 cm³/mol. The standard InChI is InChI=1S/C30H30N8O5S/c1-42-23-10-20(11-24(13-23)43-2)34-28-29(36-27-9-4-3-8-26(27)35-28)37-44(40,41)25-7-5-6-22(12-25)38(17-21-16-32-18-33-21)30(39)19-14-31-15-19/h3-13,16,18-19,31H,14-15,17H2,1-2H3,(H,32,33)(H,34,35)(H,36,37). The number of carbonyl (C=O) groups is 1. The zero-order valence-corrected chi connectivity index (χ0v) is 24.8. The molecule has 226 valence electrons. The molecule has 0 unspecified atom stereocenters. The summed E-state index contributed by atoms with van der Waals surface area (Å²) >= 11 is 0. The van der Waals surface area contributed by atoms with Gasteiger partial charge in [-0.3, -0.25) is 9.52 Å². The van der Waals surface area contributed by atoms with Crippen LogP contribution in [0.25, 0.3) is 11.0 Å². The van der Waals surface area contributed by atoms with Crippen molar-refractivity contribution in [2.24, 2.45) is 5.92 Å². The molecule has 0 saturated carbocycles. The van der Waals surface area contributed by atoms with Crippen LogP contribution in [0.4, 0.5) is 23.0 Å². The van der Waals surface area contributed by atoms with Crippen molar-refractivity contribution in [1.82, 2.24) is 25.3 Å². The number of methoxy groups -OCH3 is 2. The number of nitrogens with one attached hydrogen (secondary N) is 4. The van der Waals surface area contributed by atoms with Gasteiger partial charge in [0.25, 0.3) is 10.0 Å². The lowest BCUT2D eigenvalue weighted by Crippen LogP contribution is -2.52. The van der Waals surface area contributed by atoms with Crippen molar-refractivity contribution in [2.75, 3.05) is 42.2 Å². The van der Waals surface area contributed by atoms with Gasteiger partial charge >= 0.3 is 0 Å². The number of para-hydroxylation sites is 2. The number of anilines is 4. The van der Waals surface area contributed by atoms with Gasteiger partial charge in [0.15, 0.2) is 11.6 Å². The predicted octanol–water partition coefficient (Wildman–Crippen LogP) is 3.67. The van der Waals surface area contributed by atoms with E-state index in [0.717, 1.165) is 0 Å². The Labute approximate surface area is 253 Å². The molecular formula is C30H30N8O5S. The average Bonchev–Trinajstić information content (AvgIpc) is 3.52. The van der Waals surface area contributed by atoms with Crippen LogP contribution < -0.4 is 29.7 Å². The van der Waals surface area contributed by atoms with Gasteiger partial charge in [0.1, 0.15) is 11.5 Å². The fourth-order valence-electron chi connectivity index (χ4n) is 4.70. The van der Waals surface area contributed by atoms with Crippen LogP contribution >= 0.6 is 0 Å². The van der Waals surface area contributed by atoms with Crippen LogP contribution in [-0.4, -0.2) is 61.6 Å². The summed E-state index contributed by atoms with van der Waals surface area (Å²) in [6, 6.07) is 18.5. The lowest BCUT2D eigenvalue weighted by molar-refractivity contribution is -0.123. The lowest BCUT2D eigenvalue weighted by atomic mass is 10.0. The third-order valence-electron chi connectivity index (χ3n) is 7.13. The van der Waals surface area contributed by atoms with Crippen LogP contribution in [0, 0.1) is 5.92 Å². The summed E-state index contributed by atoms with van der Waals surface area (Å²) in [4.78, 5) is 31.3. The van der Waals surface area contributed by atoms with Crippen molar-refractivity contribution >= 4 is 50.0 Å². The fraction of sp³-hybridized carbons (Fsp3) is 0.200. The molecule has 1 fully saturated rings. The smallest absolute Gasteiger partial charge is 0.263 e. The maximum atomic E-state index is 13.8. The highest BCUT2D eigenvalue weighted by atomic mass is 32.2. The first kappa shape index (κ1) is 28.9. The number of rotatable bonds is 11. The largest absolute Gasteiger partial charge is 0.497 e. The Bertz CT molecular complexity index is 1890. The Morgan fingerprint density at radius 1 is 0.955 bits per heavy atom. The molecule has 0 bridgehead atoms. The van der Waals surface area contributed by atoms with Gasteiger partial charge in [-0.05, 0) is 30.3 Å². The van der Waals surface area contributed by atoms with E-state index in [1.165, 1.54) is 32.7 Å². The van der Waals surface area contributed by atoms with E-state index in [0.29, 0.717) is 52.7 Å². The summed E-state index contributed by atoms with van der Waals surface area (Å²) in [5.41, 5.74) is 2.68. The highest BCUT2D eigenvalue weighted by molar-refractivity contribution is 7.92. The van der Waals surface area contributed by atoms with E-state index < -0.39 is 10.0 Å². The molecule has 1 amide bonds. The maximum Gasteiger partial charge on any atom is 0.263 e. The molecule has 0 aliphatic carbocycles. The number of fused-ring (bicyclic) bond motifs is 1. The molecule has 6 rings (SSSR count). The number of aromatic amines is 1. The molecule has 14 heteroatoms. The topological polar surface area (TPSA) is 163 Å². The van der Waals surface area contributed by atoms with Gasteiger partial charge < -0.3 is 30.0 Å². The number of ether oxygens (including phenoxy) is 2. The number of carbonyl (C=O) groups excluding carboxylic acids is 1. The second kappa shape index (κ2) is 12.2. The van der Waals surface area contributed by atoms with Crippen molar-refractivity contribution in [3.05, 3.63) is 84.9 Å². The molecule has 1 aliphatic heterocycles. The fourth-order valence-corrected chi connectivity index (χ4v) is 5.75. The van der Waals surface area contributed by atoms with Crippen LogP contribution in [0.3, 0.4) is 0 Å². The molecule has 2 aromatic heterocycles. The van der Waals surface area contributed by atoms with E-state index in [1.54, 1.807) is 59.6 Å². The zero-order valence-electron chi connectivity index (χ0n) is 23.9. The minimum atomic E-state index is -4.19. The van der Waals surface area contributed by atoms with Crippen LogP contribution in [0.5, 0.6) is 11.5 Å². The van der Waals surface area contributed by atoms with E-state index in [1.807, 2.05) is 6.07 Å². The van der Waals surface area contributed by atoms with E-state index in [9.17, 15) is 13.2 Å². The van der Waals surface area contributed by atoms with Crippen molar-refractivity contribution in [3.8, 4) is 11.5 Å². The summed E-state index contributed by atoms with van der Waals surface area (Å²) in [5.74, 6) is 0.906. The van der Waals surface area contributed by atoms with Crippen molar-refractivity contribution in [3.63, 3.8) is 0 Å². The first-order valence-corrected chi connectivity index (χ1v) is 15.2. The molecule has 0 spiro atoms. The first-order valence-electron chi connectivity index (χ1n) is 13.7. The van der Waals surface area contributed by atoms with Gasteiger partial charge in [0.2, 0.25) is 5.91 Å². The molecule has 0 atom stereocenters. The molecule has 13 nitrogen and oxygen atoms in total. The zero-order chi connectivity index (χ0) is 30.7. The van der Waals surface area contributed by atoms with E-state index in [2.05, 4.69) is 35.3 Å². The third-order valence-corrected chi connectivity index (χ3v) is 8.46. The molecule has 3 heterocycles. The number of imidazole rings is 1. The highest BCUT2D eigenvalue weighted by Crippen LogP contribution is 2.32. The molecule has 1 saturated heterocycles. The monoisotopic (exact) mass is 614 g/mol. The normalized spacial score (nSPS) is 13.2. The van der Waals surface area contributed by atoms with Crippen LogP contribution in [-0.2, 0) is 21.4 Å². The van der Waals surface area contributed by atoms with Crippen LogP contribution in [0.2, 0.25) is 0 Å². The van der Waals surface area contributed by atoms with Crippen molar-refractivity contribution in [2.45, 2.75) is 11.4 Å². The first-order chi connectivity index (χ1) is 21.3. The summed E-state index contributed by atoms with van der Waals surface area (Å²) in [7, 11) is -1.12. The Morgan fingerprint density at radius 2 is 1.66 bits per heavy atom. The Balaban J connectivity index is 1.35. The van der Waals surface area contributed by atoms with Gasteiger partial charge in [-0.1, -0.05) is 18.2 Å². The van der Waals surface area contributed by atoms with Gasteiger partial charge in [-0.15, -0.1) is 0 Å². The van der Waals surface area contributed by atoms with E-state index in [-0.39, 0.29) is 34.9 Å². The van der Waals surface area contributed by atoms with E-state index >= 15 is 0 Å². The number of hydrogen-bond donors (Lipinski definition) is 4. The number of H-pyrrole nitrogens is 1. The molecule has 44 heavy (non-hydrogen) atoms. The minimum absolute atomic E-state index is 0.0131. The van der Waals surface area contributed by atoms with Crippen LogP contribution in [0.1, 0.15) is 5.69 Å². The van der Waals surface area contributed by atoms with Gasteiger partial charge in [-0.2, -0.15) is 0 Å². The van der Waals surface area contributed by atoms with Gasteiger partial charge in [0.05, 0.1) is 54.6 Å². The van der Waals surface area contributed by atoms with Gasteiger partial charge in [-0.25, -0.2) is 23.4 Å². The number of hydrogen-bond acceptors (Lipinski definition) is 10. The average molecular weight is 615 g/mol. The molecular weight excluding hydrogens is 584 g/mol. The SMILES string of the molecule is COc1cc(Nc2nc3ccccc3nc2NS(=O)(=O)c2cccc(N(Cc3c[nH]cn3)C(=O)C3CNC3)c2)cc(OC)c1. The quantitative estimate of drug-likeness (QED) is 0.173. The van der Waals surface area contributed by atoms with Crippen LogP contribution in [0.15, 0.2) is 84.1 Å². The maximum absolute atomic E-state index is 13.8. The number of nitrogens with zero attached hydrogens (tertiary/aromatic N) is 4. The Kier molecular flexibility index (Phi) is 8.00. The van der Waals surface area contributed by atoms with Crippen molar-refractivity contribution < 1.29 is 22.7 Å². The minimum Gasteiger partial charge on any atom is -0.497 e. The number of aromatic nitrogens is 4. The summed E-state index contributed by atoms with van der Waals surface area (Å²) in [6.07, 6.45) is 3.23. The number of amides is 1.